The van der Waals surface area contributed by atoms with Crippen LogP contribution in [-0.4, -0.2) is 30.1 Å². The lowest BCUT2D eigenvalue weighted by Crippen LogP contribution is -2.31. The monoisotopic (exact) mass is 354 g/mol. The van der Waals surface area contributed by atoms with E-state index in [0.29, 0.717) is 27.9 Å². The van der Waals surface area contributed by atoms with Crippen LogP contribution in [-0.2, 0) is 4.74 Å². The number of benzene rings is 1. The SMILES string of the molecule is O=C(NCC1CCCO1)c1sc(-c2ccco2)nc1-c1ccccc1. The zero-order chi connectivity index (χ0) is 17.1. The molecule has 0 spiro atoms. The van der Waals surface area contributed by atoms with E-state index in [1.54, 1.807) is 6.26 Å². The van der Waals surface area contributed by atoms with Gasteiger partial charge in [0, 0.05) is 18.7 Å². The van der Waals surface area contributed by atoms with Crippen molar-refractivity contribution in [3.05, 3.63) is 53.6 Å². The number of hydrogen-bond acceptors (Lipinski definition) is 5. The fourth-order valence-electron chi connectivity index (χ4n) is 2.86. The molecule has 1 saturated heterocycles. The smallest absolute Gasteiger partial charge is 0.263 e. The molecule has 3 heterocycles. The van der Waals surface area contributed by atoms with Gasteiger partial charge in [-0.1, -0.05) is 30.3 Å². The summed E-state index contributed by atoms with van der Waals surface area (Å²) in [4.78, 5) is 18.0. The Morgan fingerprint density at radius 3 is 2.84 bits per heavy atom. The number of thiazole rings is 1. The summed E-state index contributed by atoms with van der Waals surface area (Å²) < 4.78 is 11.0. The molecule has 1 fully saturated rings. The van der Waals surface area contributed by atoms with Crippen LogP contribution in [0.25, 0.3) is 22.0 Å². The van der Waals surface area contributed by atoms with Gasteiger partial charge in [-0.2, -0.15) is 0 Å². The maximum atomic E-state index is 12.8. The number of amides is 1. The number of furan rings is 1. The number of aromatic nitrogens is 1. The van der Waals surface area contributed by atoms with Crippen molar-refractivity contribution in [3.8, 4) is 22.0 Å². The van der Waals surface area contributed by atoms with E-state index in [1.165, 1.54) is 11.3 Å². The molecule has 6 heteroatoms. The highest BCUT2D eigenvalue weighted by molar-refractivity contribution is 7.17. The summed E-state index contributed by atoms with van der Waals surface area (Å²) in [5.41, 5.74) is 1.60. The third kappa shape index (κ3) is 3.50. The minimum Gasteiger partial charge on any atom is -0.462 e. The average Bonchev–Trinajstić information content (AvgIpc) is 3.41. The summed E-state index contributed by atoms with van der Waals surface area (Å²) >= 11 is 1.34. The van der Waals surface area contributed by atoms with E-state index in [1.807, 2.05) is 42.5 Å². The van der Waals surface area contributed by atoms with Crippen LogP contribution in [0.1, 0.15) is 22.5 Å². The van der Waals surface area contributed by atoms with Gasteiger partial charge in [-0.15, -0.1) is 11.3 Å². The summed E-state index contributed by atoms with van der Waals surface area (Å²) in [5.74, 6) is 0.546. The number of carbonyl (C=O) groups excluding carboxylic acids is 1. The molecule has 1 aliphatic rings. The maximum Gasteiger partial charge on any atom is 0.263 e. The Morgan fingerprint density at radius 1 is 1.24 bits per heavy atom. The van der Waals surface area contributed by atoms with Gasteiger partial charge < -0.3 is 14.5 Å². The number of nitrogens with zero attached hydrogens (tertiary/aromatic N) is 1. The van der Waals surface area contributed by atoms with Crippen LogP contribution in [0.4, 0.5) is 0 Å². The van der Waals surface area contributed by atoms with Crippen LogP contribution in [0.3, 0.4) is 0 Å². The summed E-state index contributed by atoms with van der Waals surface area (Å²) in [7, 11) is 0. The first-order valence-corrected chi connectivity index (χ1v) is 9.13. The third-order valence-corrected chi connectivity index (χ3v) is 5.20. The molecule has 128 valence electrons. The average molecular weight is 354 g/mol. The molecule has 1 amide bonds. The molecular weight excluding hydrogens is 336 g/mol. The summed E-state index contributed by atoms with van der Waals surface area (Å²) in [6.45, 7) is 1.31. The minimum absolute atomic E-state index is 0.113. The Morgan fingerprint density at radius 2 is 2.12 bits per heavy atom. The standard InChI is InChI=1S/C19H18N2O3S/c22-18(20-12-14-8-4-10-23-14)17-16(13-6-2-1-3-7-13)21-19(25-17)15-9-5-11-24-15/h1-3,5-7,9,11,14H,4,8,10,12H2,(H,20,22). The number of rotatable bonds is 5. The second-order valence-electron chi connectivity index (χ2n) is 5.89. The van der Waals surface area contributed by atoms with Crippen LogP contribution in [0.15, 0.2) is 53.1 Å². The molecule has 1 aromatic carbocycles. The van der Waals surface area contributed by atoms with Crippen LogP contribution in [0, 0.1) is 0 Å². The molecule has 1 N–H and O–H groups in total. The molecule has 1 atom stereocenters. The fraction of sp³-hybridized carbons (Fsp3) is 0.263. The van der Waals surface area contributed by atoms with E-state index in [0.717, 1.165) is 25.0 Å². The third-order valence-electron chi connectivity index (χ3n) is 4.13. The molecule has 0 bridgehead atoms. The van der Waals surface area contributed by atoms with Crippen LogP contribution in [0.5, 0.6) is 0 Å². The van der Waals surface area contributed by atoms with Gasteiger partial charge in [-0.05, 0) is 25.0 Å². The lowest BCUT2D eigenvalue weighted by Gasteiger charge is -2.10. The Hall–Kier alpha value is -2.44. The first kappa shape index (κ1) is 16.1. The fourth-order valence-corrected chi connectivity index (χ4v) is 3.84. The Labute approximate surface area is 149 Å². The first-order valence-electron chi connectivity index (χ1n) is 8.31. The molecule has 5 nitrogen and oxygen atoms in total. The minimum atomic E-state index is -0.121. The summed E-state index contributed by atoms with van der Waals surface area (Å²) in [6, 6.07) is 13.4. The highest BCUT2D eigenvalue weighted by atomic mass is 32.1. The normalized spacial score (nSPS) is 16.9. The molecule has 1 aliphatic heterocycles. The van der Waals surface area contributed by atoms with Gasteiger partial charge in [0.2, 0.25) is 0 Å². The lowest BCUT2D eigenvalue weighted by atomic mass is 10.1. The van der Waals surface area contributed by atoms with Crippen LogP contribution < -0.4 is 5.32 Å². The molecule has 0 aliphatic carbocycles. The van der Waals surface area contributed by atoms with Crippen LogP contribution >= 0.6 is 11.3 Å². The quantitative estimate of drug-likeness (QED) is 0.753. The summed E-state index contributed by atoms with van der Waals surface area (Å²) in [5, 5.41) is 3.69. The molecule has 25 heavy (non-hydrogen) atoms. The molecule has 1 unspecified atom stereocenters. The molecule has 0 saturated carbocycles. The van der Waals surface area contributed by atoms with E-state index in [2.05, 4.69) is 10.3 Å². The molecular formula is C19H18N2O3S. The van der Waals surface area contributed by atoms with Gasteiger partial charge in [0.1, 0.15) is 4.88 Å². The predicted octanol–water partition coefficient (Wildman–Crippen LogP) is 3.98. The molecule has 0 radical (unpaired) electrons. The van der Waals surface area contributed by atoms with Crippen molar-refractivity contribution in [2.24, 2.45) is 0 Å². The molecule has 3 aromatic rings. The van der Waals surface area contributed by atoms with Crippen molar-refractivity contribution in [2.75, 3.05) is 13.2 Å². The maximum absolute atomic E-state index is 12.8. The lowest BCUT2D eigenvalue weighted by molar-refractivity contribution is 0.0861. The van der Waals surface area contributed by atoms with E-state index in [9.17, 15) is 4.79 Å². The Kier molecular flexibility index (Phi) is 4.63. The van der Waals surface area contributed by atoms with Crippen molar-refractivity contribution in [3.63, 3.8) is 0 Å². The van der Waals surface area contributed by atoms with Crippen molar-refractivity contribution in [1.82, 2.24) is 10.3 Å². The van der Waals surface area contributed by atoms with Crippen molar-refractivity contribution < 1.29 is 13.9 Å². The van der Waals surface area contributed by atoms with Gasteiger partial charge in [-0.3, -0.25) is 4.79 Å². The zero-order valence-electron chi connectivity index (χ0n) is 13.6. The van der Waals surface area contributed by atoms with Gasteiger partial charge >= 0.3 is 0 Å². The zero-order valence-corrected chi connectivity index (χ0v) is 14.4. The largest absolute Gasteiger partial charge is 0.462 e. The Balaban J connectivity index is 1.63. The number of nitrogens with one attached hydrogen (secondary N) is 1. The van der Waals surface area contributed by atoms with E-state index in [-0.39, 0.29) is 12.0 Å². The van der Waals surface area contributed by atoms with Gasteiger partial charge in [0.25, 0.3) is 5.91 Å². The second-order valence-corrected chi connectivity index (χ2v) is 6.88. The van der Waals surface area contributed by atoms with E-state index in [4.69, 9.17) is 9.15 Å². The van der Waals surface area contributed by atoms with Crippen LogP contribution in [0.2, 0.25) is 0 Å². The number of carbonyl (C=O) groups is 1. The highest BCUT2D eigenvalue weighted by Gasteiger charge is 2.23. The van der Waals surface area contributed by atoms with Gasteiger partial charge in [0.15, 0.2) is 10.8 Å². The van der Waals surface area contributed by atoms with Crippen molar-refractivity contribution >= 4 is 17.2 Å². The Bertz CT molecular complexity index is 837. The van der Waals surface area contributed by atoms with Crippen molar-refractivity contribution in [1.29, 1.82) is 0 Å². The van der Waals surface area contributed by atoms with Crippen molar-refractivity contribution in [2.45, 2.75) is 18.9 Å². The first-order chi connectivity index (χ1) is 12.3. The second kappa shape index (κ2) is 7.21. The summed E-state index contributed by atoms with van der Waals surface area (Å²) in [6.07, 6.45) is 3.77. The number of hydrogen-bond donors (Lipinski definition) is 1. The van der Waals surface area contributed by atoms with E-state index < -0.39 is 0 Å². The van der Waals surface area contributed by atoms with E-state index >= 15 is 0 Å². The number of ether oxygens (including phenoxy) is 1. The predicted molar refractivity (Wildman–Crippen MR) is 96.6 cm³/mol. The molecule has 4 rings (SSSR count). The van der Waals surface area contributed by atoms with Gasteiger partial charge in [-0.25, -0.2) is 4.98 Å². The van der Waals surface area contributed by atoms with Gasteiger partial charge in [0.05, 0.1) is 18.1 Å². The highest BCUT2D eigenvalue weighted by Crippen LogP contribution is 2.34. The molecule has 2 aromatic heterocycles. The topological polar surface area (TPSA) is 64.4 Å².